The van der Waals surface area contributed by atoms with Gasteiger partial charge in [-0.25, -0.2) is 0 Å². The first-order chi connectivity index (χ1) is 8.13. The Morgan fingerprint density at radius 2 is 2.33 bits per heavy atom. The highest BCUT2D eigenvalue weighted by Gasteiger charge is 2.07. The number of nitrogens with zero attached hydrogens (tertiary/aromatic N) is 1. The minimum atomic E-state index is -3.34. The maximum absolute atomic E-state index is 8.92. The monoisotopic (exact) mass is 141 g/mol. The average molecular weight is 141 g/mol. The van der Waals surface area contributed by atoms with Crippen molar-refractivity contribution in [2.24, 2.45) is 0 Å². The quantitative estimate of drug-likeness (QED) is 0.552. The molecule has 1 saturated heterocycles. The minimum absolute atomic E-state index is 0.309. The van der Waals surface area contributed by atoms with E-state index in [1.165, 1.54) is 0 Å². The second-order valence-corrected chi connectivity index (χ2v) is 1.18. The van der Waals surface area contributed by atoms with E-state index < -0.39 is 39.2 Å². The van der Waals surface area contributed by atoms with E-state index in [9.17, 15) is 0 Å². The summed E-state index contributed by atoms with van der Waals surface area (Å²) in [6.45, 7) is -17.7. The second-order valence-electron chi connectivity index (χ2n) is 1.18. The highest BCUT2D eigenvalue weighted by atomic mass is 16.5. The molecule has 1 heterocycles. The summed E-state index contributed by atoms with van der Waals surface area (Å²) in [6, 6.07) is 0. The van der Waals surface area contributed by atoms with Crippen LogP contribution in [-0.2, 0) is 4.74 Å². The zero-order chi connectivity index (χ0) is 15.5. The van der Waals surface area contributed by atoms with Gasteiger partial charge in [0.15, 0.2) is 0 Å². The topological polar surface area (TPSA) is 32.7 Å². The van der Waals surface area contributed by atoms with Crippen molar-refractivity contribution in [1.82, 2.24) is 4.90 Å². The molecule has 9 heavy (non-hydrogen) atoms. The lowest BCUT2D eigenvalue weighted by atomic mass is 10.4. The lowest BCUT2D eigenvalue weighted by Gasteiger charge is -2.25. The summed E-state index contributed by atoms with van der Waals surface area (Å²) in [5.41, 5.74) is 0. The summed E-state index contributed by atoms with van der Waals surface area (Å²) in [6.07, 6.45) is 0. The number of aliphatic hydroxyl groups is 1. The number of hydrogen-bond donors (Lipinski definition) is 1. The van der Waals surface area contributed by atoms with Crippen LogP contribution in [0.3, 0.4) is 0 Å². The number of hydrogen-bond acceptors (Lipinski definition) is 3. The van der Waals surface area contributed by atoms with E-state index >= 15 is 0 Å². The number of morpholine rings is 1. The van der Waals surface area contributed by atoms with Gasteiger partial charge < -0.3 is 9.84 Å². The van der Waals surface area contributed by atoms with Gasteiger partial charge in [0.25, 0.3) is 0 Å². The summed E-state index contributed by atoms with van der Waals surface area (Å²) >= 11 is 0. The molecule has 0 aromatic rings. The molecule has 3 heteroatoms. The van der Waals surface area contributed by atoms with Crippen LogP contribution >= 0.6 is 0 Å². The van der Waals surface area contributed by atoms with E-state index in [4.69, 9.17) is 18.8 Å². The van der Waals surface area contributed by atoms with Crippen molar-refractivity contribution in [2.75, 3.05) is 39.2 Å². The molecule has 3 nitrogen and oxygen atoms in total. The van der Waals surface area contributed by atoms with Crippen molar-refractivity contribution >= 4 is 0 Å². The van der Waals surface area contributed by atoms with Crippen molar-refractivity contribution < 1.29 is 23.6 Å². The fraction of sp³-hybridized carbons (Fsp3) is 1.00. The van der Waals surface area contributed by atoms with Crippen LogP contribution in [0, 0.1) is 0 Å². The Morgan fingerprint density at radius 1 is 1.67 bits per heavy atom. The van der Waals surface area contributed by atoms with Crippen LogP contribution in [0.25, 0.3) is 0 Å². The van der Waals surface area contributed by atoms with E-state index in [0.29, 0.717) is 0 Å². The van der Waals surface area contributed by atoms with Gasteiger partial charge in [-0.2, -0.15) is 0 Å². The van der Waals surface area contributed by atoms with Gasteiger partial charge in [0, 0.05) is 27.7 Å². The van der Waals surface area contributed by atoms with Gasteiger partial charge in [0.2, 0.25) is 0 Å². The zero-order valence-corrected chi connectivity index (χ0v) is 4.51. The van der Waals surface area contributed by atoms with Gasteiger partial charge in [0.1, 0.15) is 0 Å². The van der Waals surface area contributed by atoms with Crippen molar-refractivity contribution in [3.05, 3.63) is 0 Å². The number of ether oxygens (including phenoxy) is 1. The van der Waals surface area contributed by atoms with E-state index in [0.717, 1.165) is 0 Å². The Kier molecular flexibility index (Phi) is 0.657. The molecule has 0 aliphatic carbocycles. The first kappa shape index (κ1) is 1.55. The number of aliphatic hydroxyl groups excluding tert-OH is 1. The van der Waals surface area contributed by atoms with Gasteiger partial charge in [0.05, 0.1) is 25.2 Å². The number of rotatable bonds is 2. The van der Waals surface area contributed by atoms with E-state index in [1.54, 1.807) is 0 Å². The van der Waals surface area contributed by atoms with E-state index in [2.05, 4.69) is 4.74 Å². The van der Waals surface area contributed by atoms with Gasteiger partial charge >= 0.3 is 0 Å². The van der Waals surface area contributed by atoms with Crippen LogP contribution in [0.5, 0.6) is 0 Å². The predicted octanol–water partition coefficient (Wildman–Crippen LogP) is -0.689. The lowest BCUT2D eigenvalue weighted by Crippen LogP contribution is -2.37. The van der Waals surface area contributed by atoms with Crippen molar-refractivity contribution in [2.45, 2.75) is 0 Å². The molecule has 0 bridgehead atoms. The normalized spacial score (nSPS) is 62.8. The maximum atomic E-state index is 8.92. The molecule has 1 N–H and O–H groups in total. The Balaban J connectivity index is 3.51. The smallest absolute Gasteiger partial charge is 0.0594 e. The third-order valence-corrected chi connectivity index (χ3v) is 0.646. The van der Waals surface area contributed by atoms with Crippen LogP contribution < -0.4 is 0 Å². The van der Waals surface area contributed by atoms with Crippen LogP contribution in [0.4, 0.5) is 0 Å². The molecule has 0 spiro atoms. The molecule has 54 valence electrons. The summed E-state index contributed by atoms with van der Waals surface area (Å²) in [5.74, 6) is 0. The van der Waals surface area contributed by atoms with Crippen molar-refractivity contribution in [3.63, 3.8) is 0 Å². The van der Waals surface area contributed by atoms with Crippen LogP contribution in [0.15, 0.2) is 0 Å². The zero-order valence-electron chi connectivity index (χ0n) is 14.5. The SMILES string of the molecule is [2H]C([2H])(CO)N1C([2H])([2H])C([2H])([2H])OC([2H])([2H])C1([2H])[2H]. The first-order valence-corrected chi connectivity index (χ1v) is 2.25. The summed E-state index contributed by atoms with van der Waals surface area (Å²) in [4.78, 5) is -0.309. The molecule has 0 aromatic carbocycles. The summed E-state index contributed by atoms with van der Waals surface area (Å²) in [5, 5.41) is 8.92. The highest BCUT2D eigenvalue weighted by molar-refractivity contribution is 4.59. The molecule has 1 aliphatic rings. The van der Waals surface area contributed by atoms with Crippen LogP contribution in [0.1, 0.15) is 13.7 Å². The molecule has 0 aromatic heterocycles. The lowest BCUT2D eigenvalue weighted by molar-refractivity contribution is 0.0306. The van der Waals surface area contributed by atoms with Crippen molar-refractivity contribution in [3.8, 4) is 0 Å². The molecule has 0 radical (unpaired) electrons. The molecule has 0 atom stereocenters. The van der Waals surface area contributed by atoms with Gasteiger partial charge in [-0.1, -0.05) is 0 Å². The van der Waals surface area contributed by atoms with Gasteiger partial charge in [-0.05, 0) is 0 Å². The predicted molar refractivity (Wildman–Crippen MR) is 34.3 cm³/mol. The van der Waals surface area contributed by atoms with E-state index in [1.807, 2.05) is 0 Å². The summed E-state index contributed by atoms with van der Waals surface area (Å²) in [7, 11) is 0. The molecule has 1 aliphatic heterocycles. The van der Waals surface area contributed by atoms with E-state index in [-0.39, 0.29) is 4.90 Å². The Labute approximate surface area is 69.3 Å². The minimum Gasteiger partial charge on any atom is -0.395 e. The Morgan fingerprint density at radius 3 is 2.89 bits per heavy atom. The fourth-order valence-electron chi connectivity index (χ4n) is 0.340. The third kappa shape index (κ3) is 2.30. The largest absolute Gasteiger partial charge is 0.395 e. The third-order valence-electron chi connectivity index (χ3n) is 0.646. The second kappa shape index (κ2) is 3.82. The van der Waals surface area contributed by atoms with Gasteiger partial charge in [-0.3, -0.25) is 4.90 Å². The molecule has 0 unspecified atom stereocenters. The Bertz CT molecular complexity index is 343. The van der Waals surface area contributed by atoms with Crippen LogP contribution in [-0.4, -0.2) is 49.2 Å². The van der Waals surface area contributed by atoms with Crippen molar-refractivity contribution in [1.29, 1.82) is 0 Å². The fourth-order valence-corrected chi connectivity index (χ4v) is 0.340. The molecule has 1 fully saturated rings. The highest BCUT2D eigenvalue weighted by Crippen LogP contribution is 1.93. The number of β-amino-alcohol motifs (C(OH)–C–C–N with tert-alkyl or cyclic N) is 1. The Hall–Kier alpha value is -0.120. The first-order valence-electron chi connectivity index (χ1n) is 7.25. The van der Waals surface area contributed by atoms with Gasteiger partial charge in [-0.15, -0.1) is 0 Å². The van der Waals surface area contributed by atoms with Crippen LogP contribution in [0.2, 0.25) is 0 Å². The molecule has 0 amide bonds. The molecule has 0 saturated carbocycles. The average Bonchev–Trinajstić information content (AvgIpc) is 2.12. The molecule has 1 rings (SSSR count). The molecular formula is C6H13NO2. The summed E-state index contributed by atoms with van der Waals surface area (Å²) < 4.78 is 78.3. The standard InChI is InChI=1S/C6H13NO2/c8-4-1-7-2-5-9-6-3-7/h8H,1-6H2/i1D2,2D2,3D2,5D2,6D2. The maximum Gasteiger partial charge on any atom is 0.0594 e. The molecular weight excluding hydrogens is 118 g/mol.